The third kappa shape index (κ3) is 1.45. The molecule has 1 aromatic heterocycles. The summed E-state index contributed by atoms with van der Waals surface area (Å²) in [5.41, 5.74) is 0.752. The Balaban J connectivity index is 2.92. The normalized spacial score (nSPS) is 9.70. The van der Waals surface area contributed by atoms with Crippen LogP contribution in [0.4, 0.5) is 0 Å². The molecule has 3 nitrogen and oxygen atoms in total. The molecule has 0 aliphatic carbocycles. The summed E-state index contributed by atoms with van der Waals surface area (Å²) in [6.45, 7) is 0.621. The van der Waals surface area contributed by atoms with E-state index in [9.17, 15) is 4.79 Å². The van der Waals surface area contributed by atoms with Crippen molar-refractivity contribution in [1.82, 2.24) is 10.3 Å². The molecular formula is C7H10N2O. The topological polar surface area (TPSA) is 44.9 Å². The molecule has 0 saturated heterocycles. The van der Waals surface area contributed by atoms with Crippen molar-refractivity contribution in [3.05, 3.63) is 34.2 Å². The highest BCUT2D eigenvalue weighted by molar-refractivity contribution is 5.08. The second-order valence-electron chi connectivity index (χ2n) is 2.05. The van der Waals surface area contributed by atoms with E-state index in [1.807, 2.05) is 13.1 Å². The highest BCUT2D eigenvalue weighted by atomic mass is 16.1. The first-order valence-corrected chi connectivity index (χ1v) is 3.16. The molecule has 10 heavy (non-hydrogen) atoms. The van der Waals surface area contributed by atoms with Crippen molar-refractivity contribution in [3.63, 3.8) is 0 Å². The standard InChI is InChI=1S/C7H10N2O/c1-8-5-6-3-2-4-9-7(6)10/h2-4,8H,5H2,1H3,(H,9,10). The molecule has 0 fully saturated rings. The van der Waals surface area contributed by atoms with Crippen molar-refractivity contribution < 1.29 is 0 Å². The lowest BCUT2D eigenvalue weighted by atomic mass is 10.3. The fourth-order valence-electron chi connectivity index (χ4n) is 0.786. The van der Waals surface area contributed by atoms with Crippen molar-refractivity contribution in [2.45, 2.75) is 6.54 Å². The predicted octanol–water partition coefficient (Wildman–Crippen LogP) is 0.0943. The number of rotatable bonds is 2. The van der Waals surface area contributed by atoms with Crippen molar-refractivity contribution in [2.75, 3.05) is 7.05 Å². The van der Waals surface area contributed by atoms with Gasteiger partial charge in [0.1, 0.15) is 0 Å². The molecule has 2 N–H and O–H groups in total. The summed E-state index contributed by atoms with van der Waals surface area (Å²) in [5, 5.41) is 2.90. The number of hydrogen-bond acceptors (Lipinski definition) is 2. The molecular weight excluding hydrogens is 128 g/mol. The van der Waals surface area contributed by atoms with E-state index in [0.29, 0.717) is 6.54 Å². The zero-order valence-electron chi connectivity index (χ0n) is 5.85. The van der Waals surface area contributed by atoms with Gasteiger partial charge in [-0.2, -0.15) is 0 Å². The smallest absolute Gasteiger partial charge is 0.252 e. The SMILES string of the molecule is CNCc1ccc[nH]c1=O. The average Bonchev–Trinajstić information content (AvgIpc) is 1.94. The monoisotopic (exact) mass is 138 g/mol. The minimum atomic E-state index is -0.0168. The molecule has 0 spiro atoms. The van der Waals surface area contributed by atoms with Gasteiger partial charge in [-0.15, -0.1) is 0 Å². The van der Waals surface area contributed by atoms with Gasteiger partial charge in [-0.25, -0.2) is 0 Å². The maximum absolute atomic E-state index is 10.9. The van der Waals surface area contributed by atoms with E-state index in [0.717, 1.165) is 5.56 Å². The number of aromatic nitrogens is 1. The molecule has 54 valence electrons. The van der Waals surface area contributed by atoms with E-state index in [1.54, 1.807) is 12.3 Å². The Kier molecular flexibility index (Phi) is 2.23. The Hall–Kier alpha value is -1.09. The van der Waals surface area contributed by atoms with Crippen LogP contribution in [0.1, 0.15) is 5.56 Å². The summed E-state index contributed by atoms with van der Waals surface area (Å²) < 4.78 is 0. The van der Waals surface area contributed by atoms with Crippen LogP contribution in [0.3, 0.4) is 0 Å². The van der Waals surface area contributed by atoms with Gasteiger partial charge in [0.2, 0.25) is 0 Å². The molecule has 1 aromatic rings. The van der Waals surface area contributed by atoms with Crippen LogP contribution in [0.2, 0.25) is 0 Å². The third-order valence-corrected chi connectivity index (χ3v) is 1.27. The van der Waals surface area contributed by atoms with Crippen LogP contribution in [0.15, 0.2) is 23.1 Å². The first-order valence-electron chi connectivity index (χ1n) is 3.16. The minimum absolute atomic E-state index is 0.0168. The first kappa shape index (κ1) is 7.02. The summed E-state index contributed by atoms with van der Waals surface area (Å²) in [6.07, 6.45) is 1.63. The summed E-state index contributed by atoms with van der Waals surface area (Å²) in [7, 11) is 1.81. The van der Waals surface area contributed by atoms with Gasteiger partial charge in [-0.05, 0) is 13.1 Å². The molecule has 0 bridgehead atoms. The summed E-state index contributed by atoms with van der Waals surface area (Å²) in [4.78, 5) is 13.5. The highest BCUT2D eigenvalue weighted by Gasteiger charge is 1.92. The van der Waals surface area contributed by atoms with E-state index in [1.165, 1.54) is 0 Å². The van der Waals surface area contributed by atoms with Crippen LogP contribution >= 0.6 is 0 Å². The van der Waals surface area contributed by atoms with Crippen LogP contribution in [-0.4, -0.2) is 12.0 Å². The van der Waals surface area contributed by atoms with Crippen molar-refractivity contribution in [1.29, 1.82) is 0 Å². The number of H-pyrrole nitrogens is 1. The molecule has 0 aliphatic rings. The van der Waals surface area contributed by atoms with Crippen LogP contribution < -0.4 is 10.9 Å². The number of pyridine rings is 1. The van der Waals surface area contributed by atoms with Crippen molar-refractivity contribution in [2.24, 2.45) is 0 Å². The van der Waals surface area contributed by atoms with Gasteiger partial charge in [-0.3, -0.25) is 4.79 Å². The second kappa shape index (κ2) is 3.17. The largest absolute Gasteiger partial charge is 0.329 e. The summed E-state index contributed by atoms with van der Waals surface area (Å²) in [5.74, 6) is 0. The van der Waals surface area contributed by atoms with Gasteiger partial charge < -0.3 is 10.3 Å². The second-order valence-corrected chi connectivity index (χ2v) is 2.05. The molecule has 3 heteroatoms. The lowest BCUT2D eigenvalue weighted by Crippen LogP contribution is -2.17. The maximum Gasteiger partial charge on any atom is 0.252 e. The fraction of sp³-hybridized carbons (Fsp3) is 0.286. The quantitative estimate of drug-likeness (QED) is 0.608. The van der Waals surface area contributed by atoms with Gasteiger partial charge >= 0.3 is 0 Å². The molecule has 0 saturated carbocycles. The Bertz CT molecular complexity index is 254. The molecule has 1 heterocycles. The number of aromatic amines is 1. The molecule has 0 atom stereocenters. The number of hydrogen-bond donors (Lipinski definition) is 2. The highest BCUT2D eigenvalue weighted by Crippen LogP contribution is 1.85. The zero-order valence-corrected chi connectivity index (χ0v) is 5.85. The van der Waals surface area contributed by atoms with E-state index in [2.05, 4.69) is 10.3 Å². The van der Waals surface area contributed by atoms with Crippen molar-refractivity contribution in [3.8, 4) is 0 Å². The Labute approximate surface area is 59.1 Å². The van der Waals surface area contributed by atoms with Gasteiger partial charge in [0, 0.05) is 18.3 Å². The number of nitrogens with one attached hydrogen (secondary N) is 2. The lowest BCUT2D eigenvalue weighted by Gasteiger charge is -1.95. The van der Waals surface area contributed by atoms with E-state index in [4.69, 9.17) is 0 Å². The minimum Gasteiger partial charge on any atom is -0.329 e. The van der Waals surface area contributed by atoms with Gasteiger partial charge in [0.15, 0.2) is 0 Å². The molecule has 0 unspecified atom stereocenters. The molecule has 0 aliphatic heterocycles. The van der Waals surface area contributed by atoms with E-state index < -0.39 is 0 Å². The van der Waals surface area contributed by atoms with Crippen LogP contribution in [0.25, 0.3) is 0 Å². The molecule has 0 aromatic carbocycles. The van der Waals surface area contributed by atoms with Crippen LogP contribution in [0.5, 0.6) is 0 Å². The van der Waals surface area contributed by atoms with Crippen LogP contribution in [0, 0.1) is 0 Å². The third-order valence-electron chi connectivity index (χ3n) is 1.27. The van der Waals surface area contributed by atoms with Gasteiger partial charge in [0.05, 0.1) is 0 Å². The Morgan fingerprint density at radius 1 is 1.70 bits per heavy atom. The van der Waals surface area contributed by atoms with E-state index in [-0.39, 0.29) is 5.56 Å². The molecule has 0 amide bonds. The van der Waals surface area contributed by atoms with Crippen LogP contribution in [-0.2, 0) is 6.54 Å². The van der Waals surface area contributed by atoms with Gasteiger partial charge in [0.25, 0.3) is 5.56 Å². The average molecular weight is 138 g/mol. The fourth-order valence-corrected chi connectivity index (χ4v) is 0.786. The zero-order chi connectivity index (χ0) is 7.40. The molecule has 1 rings (SSSR count). The van der Waals surface area contributed by atoms with Crippen molar-refractivity contribution >= 4 is 0 Å². The Morgan fingerprint density at radius 3 is 3.10 bits per heavy atom. The summed E-state index contributed by atoms with van der Waals surface area (Å²) in [6, 6.07) is 3.61. The molecule has 0 radical (unpaired) electrons. The van der Waals surface area contributed by atoms with Gasteiger partial charge in [-0.1, -0.05) is 6.07 Å². The first-order chi connectivity index (χ1) is 4.84. The lowest BCUT2D eigenvalue weighted by molar-refractivity contribution is 0.805. The van der Waals surface area contributed by atoms with E-state index >= 15 is 0 Å². The maximum atomic E-state index is 10.9. The Morgan fingerprint density at radius 2 is 2.50 bits per heavy atom. The predicted molar refractivity (Wildman–Crippen MR) is 39.8 cm³/mol. The summed E-state index contributed by atoms with van der Waals surface area (Å²) >= 11 is 0.